The number of carbonyl (C=O) groups is 1. The first-order chi connectivity index (χ1) is 12.0. The molecule has 0 aromatic heterocycles. The highest BCUT2D eigenvalue weighted by atomic mass is 35.5. The molecule has 2 rings (SSSR count). The van der Waals surface area contributed by atoms with Gasteiger partial charge in [-0.05, 0) is 23.8 Å². The van der Waals surface area contributed by atoms with Crippen molar-refractivity contribution in [3.05, 3.63) is 63.2 Å². The highest BCUT2D eigenvalue weighted by molar-refractivity contribution is 6.32. The van der Waals surface area contributed by atoms with Crippen LogP contribution in [0.15, 0.2) is 47.6 Å². The van der Waals surface area contributed by atoms with Crippen LogP contribution in [0.4, 0.5) is 5.69 Å². The van der Waals surface area contributed by atoms with Crippen LogP contribution in [0.1, 0.15) is 5.56 Å². The summed E-state index contributed by atoms with van der Waals surface area (Å²) >= 11 is 5.91. The average Bonchev–Trinajstić information content (AvgIpc) is 2.61. The number of hydrogen-bond donors (Lipinski definition) is 1. The van der Waals surface area contributed by atoms with Gasteiger partial charge >= 0.3 is 5.69 Å². The molecular weight excluding hydrogens is 350 g/mol. The fourth-order valence-electron chi connectivity index (χ4n) is 1.84. The zero-order valence-electron chi connectivity index (χ0n) is 13.1. The van der Waals surface area contributed by atoms with Crippen LogP contribution < -0.4 is 14.9 Å². The molecule has 0 aliphatic rings. The van der Waals surface area contributed by atoms with Gasteiger partial charge in [-0.3, -0.25) is 14.9 Å². The molecule has 2 aromatic carbocycles. The molecule has 130 valence electrons. The van der Waals surface area contributed by atoms with Gasteiger partial charge < -0.3 is 9.47 Å². The summed E-state index contributed by atoms with van der Waals surface area (Å²) in [6.45, 7) is -0.411. The van der Waals surface area contributed by atoms with Crippen molar-refractivity contribution in [2.45, 2.75) is 0 Å². The van der Waals surface area contributed by atoms with Gasteiger partial charge in [0.2, 0.25) is 0 Å². The lowest BCUT2D eigenvalue weighted by Gasteiger charge is -2.05. The van der Waals surface area contributed by atoms with Gasteiger partial charge in [-0.25, -0.2) is 5.43 Å². The van der Waals surface area contributed by atoms with E-state index in [1.807, 2.05) is 0 Å². The molecule has 25 heavy (non-hydrogen) atoms. The molecule has 0 spiro atoms. The number of amides is 1. The van der Waals surface area contributed by atoms with Crippen LogP contribution in [0.25, 0.3) is 0 Å². The van der Waals surface area contributed by atoms with Crippen molar-refractivity contribution in [1.82, 2.24) is 5.43 Å². The number of para-hydroxylation sites is 2. The Balaban J connectivity index is 1.90. The number of benzene rings is 2. The van der Waals surface area contributed by atoms with Crippen molar-refractivity contribution in [3.8, 4) is 11.5 Å². The fraction of sp³-hybridized carbons (Fsp3) is 0.125. The van der Waals surface area contributed by atoms with E-state index in [1.165, 1.54) is 31.5 Å². The zero-order valence-corrected chi connectivity index (χ0v) is 13.9. The maximum absolute atomic E-state index is 11.7. The van der Waals surface area contributed by atoms with Crippen LogP contribution in [0.5, 0.6) is 11.5 Å². The van der Waals surface area contributed by atoms with Crippen molar-refractivity contribution in [3.63, 3.8) is 0 Å². The Morgan fingerprint density at radius 1 is 1.32 bits per heavy atom. The van der Waals surface area contributed by atoms with Gasteiger partial charge in [0.25, 0.3) is 5.91 Å². The summed E-state index contributed by atoms with van der Waals surface area (Å²) in [6.07, 6.45) is 1.40. The minimum Gasteiger partial charge on any atom is -0.495 e. The zero-order chi connectivity index (χ0) is 18.2. The number of nitro benzene ring substituents is 1. The summed E-state index contributed by atoms with van der Waals surface area (Å²) in [6, 6.07) is 10.8. The minimum absolute atomic E-state index is 0.00840. The van der Waals surface area contributed by atoms with Gasteiger partial charge in [0.05, 0.1) is 23.3 Å². The average molecular weight is 364 g/mol. The maximum Gasteiger partial charge on any atom is 0.310 e. The van der Waals surface area contributed by atoms with Crippen LogP contribution in [0, 0.1) is 10.1 Å². The first kappa shape index (κ1) is 18.2. The van der Waals surface area contributed by atoms with Gasteiger partial charge in [0.15, 0.2) is 12.4 Å². The summed E-state index contributed by atoms with van der Waals surface area (Å²) in [5, 5.41) is 15.1. The van der Waals surface area contributed by atoms with Crippen molar-refractivity contribution in [2.75, 3.05) is 13.7 Å². The van der Waals surface area contributed by atoms with Crippen molar-refractivity contribution in [1.29, 1.82) is 0 Å². The van der Waals surface area contributed by atoms with Gasteiger partial charge in [0, 0.05) is 6.07 Å². The third-order valence-electron chi connectivity index (χ3n) is 3.00. The summed E-state index contributed by atoms with van der Waals surface area (Å²) < 4.78 is 10.2. The monoisotopic (exact) mass is 363 g/mol. The number of nitrogens with zero attached hydrogens (tertiary/aromatic N) is 2. The Morgan fingerprint density at radius 2 is 2.08 bits per heavy atom. The molecule has 0 bridgehead atoms. The maximum atomic E-state index is 11.7. The normalized spacial score (nSPS) is 10.5. The van der Waals surface area contributed by atoms with Crippen molar-refractivity contribution in [2.24, 2.45) is 5.10 Å². The first-order valence-electron chi connectivity index (χ1n) is 7.03. The lowest BCUT2D eigenvalue weighted by Crippen LogP contribution is -2.24. The Kier molecular flexibility index (Phi) is 6.30. The number of rotatable bonds is 7. The lowest BCUT2D eigenvalue weighted by atomic mass is 10.2. The Hall–Kier alpha value is -3.13. The molecule has 0 saturated carbocycles. The number of carbonyl (C=O) groups excluding carboxylic acids is 1. The minimum atomic E-state index is -0.584. The van der Waals surface area contributed by atoms with Crippen molar-refractivity contribution >= 4 is 29.4 Å². The second kappa shape index (κ2) is 8.65. The van der Waals surface area contributed by atoms with Crippen molar-refractivity contribution < 1.29 is 19.2 Å². The number of nitrogens with one attached hydrogen (secondary N) is 1. The smallest absolute Gasteiger partial charge is 0.310 e. The molecule has 9 heteroatoms. The van der Waals surface area contributed by atoms with Gasteiger partial charge in [-0.15, -0.1) is 0 Å². The Bertz CT molecular complexity index is 810. The fourth-order valence-corrected chi connectivity index (χ4v) is 2.04. The van der Waals surface area contributed by atoms with E-state index in [0.717, 1.165) is 0 Å². The third kappa shape index (κ3) is 5.18. The van der Waals surface area contributed by atoms with Crippen LogP contribution in [0.2, 0.25) is 5.02 Å². The van der Waals surface area contributed by atoms with Crippen LogP contribution in [-0.2, 0) is 4.79 Å². The molecule has 1 N–H and O–H groups in total. The van der Waals surface area contributed by atoms with E-state index in [9.17, 15) is 14.9 Å². The second-order valence-corrected chi connectivity index (χ2v) is 5.11. The number of nitro groups is 1. The SMILES string of the molecule is COc1cc(/C=N/NC(=O)COc2ccccc2[N+](=O)[O-])ccc1Cl. The van der Waals surface area contributed by atoms with Crippen LogP contribution in [0.3, 0.4) is 0 Å². The molecule has 1 amide bonds. The van der Waals surface area contributed by atoms with Gasteiger partial charge in [0.1, 0.15) is 5.75 Å². The molecule has 0 heterocycles. The topological polar surface area (TPSA) is 103 Å². The third-order valence-corrected chi connectivity index (χ3v) is 3.31. The first-order valence-corrected chi connectivity index (χ1v) is 7.40. The predicted octanol–water partition coefficient (Wildman–Crippen LogP) is 2.79. The summed E-state index contributed by atoms with van der Waals surface area (Å²) in [5.74, 6) is -0.0685. The summed E-state index contributed by atoms with van der Waals surface area (Å²) in [7, 11) is 1.49. The molecule has 2 aromatic rings. The van der Waals surface area contributed by atoms with Gasteiger partial charge in [-0.1, -0.05) is 29.8 Å². The molecule has 0 saturated heterocycles. The molecule has 0 aliphatic carbocycles. The molecule has 0 aliphatic heterocycles. The van der Waals surface area contributed by atoms with E-state index >= 15 is 0 Å². The lowest BCUT2D eigenvalue weighted by molar-refractivity contribution is -0.385. The number of hydrogen-bond acceptors (Lipinski definition) is 6. The van der Waals surface area contributed by atoms with E-state index in [1.54, 1.807) is 24.3 Å². The standard InChI is InChI=1S/C16H14ClN3O5/c1-24-15-8-11(6-7-12(15)17)9-18-19-16(21)10-25-14-5-3-2-4-13(14)20(22)23/h2-9H,10H2,1H3,(H,19,21)/b18-9+. The summed E-state index contributed by atoms with van der Waals surface area (Å²) in [5.41, 5.74) is 2.72. The number of ether oxygens (including phenoxy) is 2. The summed E-state index contributed by atoms with van der Waals surface area (Å²) in [4.78, 5) is 22.0. The molecular formula is C16H14ClN3O5. The molecule has 0 radical (unpaired) electrons. The number of halogens is 1. The predicted molar refractivity (Wildman–Crippen MR) is 92.3 cm³/mol. The number of hydrazone groups is 1. The molecule has 0 atom stereocenters. The highest BCUT2D eigenvalue weighted by Gasteiger charge is 2.14. The number of methoxy groups -OCH3 is 1. The van der Waals surface area contributed by atoms with Crippen LogP contribution in [-0.4, -0.2) is 30.8 Å². The molecule has 8 nitrogen and oxygen atoms in total. The molecule has 0 fully saturated rings. The highest BCUT2D eigenvalue weighted by Crippen LogP contribution is 2.25. The van der Waals surface area contributed by atoms with E-state index < -0.39 is 17.4 Å². The largest absolute Gasteiger partial charge is 0.495 e. The Morgan fingerprint density at radius 3 is 2.80 bits per heavy atom. The quantitative estimate of drug-likeness (QED) is 0.463. The van der Waals surface area contributed by atoms with Crippen LogP contribution >= 0.6 is 11.6 Å². The van der Waals surface area contributed by atoms with E-state index in [0.29, 0.717) is 16.3 Å². The molecule has 0 unspecified atom stereocenters. The van der Waals surface area contributed by atoms with E-state index in [4.69, 9.17) is 21.1 Å². The van der Waals surface area contributed by atoms with E-state index in [2.05, 4.69) is 10.5 Å². The van der Waals surface area contributed by atoms with E-state index in [-0.39, 0.29) is 11.4 Å². The Labute approximate surface area is 148 Å². The second-order valence-electron chi connectivity index (χ2n) is 4.70. The van der Waals surface area contributed by atoms with Gasteiger partial charge in [-0.2, -0.15) is 5.10 Å².